The first-order chi connectivity index (χ1) is 15.3. The summed E-state index contributed by atoms with van der Waals surface area (Å²) in [5.74, 6) is 1.27. The van der Waals surface area contributed by atoms with Crippen molar-refractivity contribution in [3.63, 3.8) is 0 Å². The number of sulfonamides is 1. The Morgan fingerprint density at radius 1 is 1.09 bits per heavy atom. The van der Waals surface area contributed by atoms with Crippen molar-refractivity contribution in [2.75, 3.05) is 11.4 Å². The summed E-state index contributed by atoms with van der Waals surface area (Å²) < 4.78 is 35.1. The number of ether oxygens (including phenoxy) is 1. The molecule has 0 saturated carbocycles. The van der Waals surface area contributed by atoms with Crippen LogP contribution in [0.2, 0.25) is 0 Å². The monoisotopic (exact) mass is 485 g/mol. The van der Waals surface area contributed by atoms with Gasteiger partial charge in [-0.2, -0.15) is 0 Å². The normalized spacial score (nSPS) is 11.1. The lowest BCUT2D eigenvalue weighted by Crippen LogP contribution is -2.26. The minimum Gasteiger partial charge on any atom is -0.486 e. The summed E-state index contributed by atoms with van der Waals surface area (Å²) in [5.41, 5.74) is 8.04. The van der Waals surface area contributed by atoms with E-state index in [1.54, 1.807) is 66.7 Å². The number of fused-ring (bicyclic) bond motifs is 1. The smallest absolute Gasteiger partial charge is 0.264 e. The highest BCUT2D eigenvalue weighted by atomic mass is 35.5. The Bertz CT molecular complexity index is 1390. The lowest BCUT2D eigenvalue weighted by atomic mass is 10.2. The predicted molar refractivity (Wildman–Crippen MR) is 132 cm³/mol. The van der Waals surface area contributed by atoms with Gasteiger partial charge < -0.3 is 15.0 Å². The SMILES string of the molecule is CN(c1ccccc1)S(=O)(=O)c1ccc2c(c1)nc(COc1ccc(C(=N)N)cc1)n2C.Cl. The summed E-state index contributed by atoms with van der Waals surface area (Å²) in [5, 5.41) is 7.45. The summed E-state index contributed by atoms with van der Waals surface area (Å²) in [6.45, 7) is 0.205. The second kappa shape index (κ2) is 9.51. The predicted octanol–water partition coefficient (Wildman–Crippen LogP) is 3.68. The summed E-state index contributed by atoms with van der Waals surface area (Å²) >= 11 is 0. The molecule has 0 atom stereocenters. The second-order valence-electron chi connectivity index (χ2n) is 7.27. The highest BCUT2D eigenvalue weighted by molar-refractivity contribution is 7.92. The van der Waals surface area contributed by atoms with Crippen molar-refractivity contribution in [1.29, 1.82) is 5.41 Å². The Morgan fingerprint density at radius 2 is 1.76 bits per heavy atom. The van der Waals surface area contributed by atoms with Gasteiger partial charge in [-0.15, -0.1) is 12.4 Å². The quantitative estimate of drug-likeness (QED) is 0.306. The molecule has 0 saturated heterocycles. The van der Waals surface area contributed by atoms with Gasteiger partial charge in [0.2, 0.25) is 0 Å². The molecule has 0 bridgehead atoms. The summed E-state index contributed by atoms with van der Waals surface area (Å²) in [7, 11) is -0.338. The van der Waals surface area contributed by atoms with Gasteiger partial charge >= 0.3 is 0 Å². The van der Waals surface area contributed by atoms with Gasteiger partial charge in [0, 0.05) is 19.7 Å². The zero-order valence-electron chi connectivity index (χ0n) is 18.1. The first-order valence-corrected chi connectivity index (χ1v) is 11.3. The number of hydrogen-bond donors (Lipinski definition) is 2. The molecular weight excluding hydrogens is 462 g/mol. The first-order valence-electron chi connectivity index (χ1n) is 9.84. The van der Waals surface area contributed by atoms with Gasteiger partial charge in [-0.1, -0.05) is 18.2 Å². The number of nitrogens with two attached hydrogens (primary N) is 1. The van der Waals surface area contributed by atoms with Crippen molar-refractivity contribution in [2.45, 2.75) is 11.5 Å². The number of amidine groups is 1. The van der Waals surface area contributed by atoms with Crippen LogP contribution in [0.4, 0.5) is 5.69 Å². The van der Waals surface area contributed by atoms with Crippen molar-refractivity contribution >= 4 is 45.0 Å². The van der Waals surface area contributed by atoms with Crippen LogP contribution in [-0.2, 0) is 23.7 Å². The lowest BCUT2D eigenvalue weighted by molar-refractivity contribution is 0.292. The number of nitrogens with one attached hydrogen (secondary N) is 1. The molecule has 4 aromatic rings. The van der Waals surface area contributed by atoms with Crippen LogP contribution < -0.4 is 14.8 Å². The molecule has 0 aliphatic heterocycles. The van der Waals surface area contributed by atoms with Crippen LogP contribution in [-0.4, -0.2) is 30.9 Å². The third kappa shape index (κ3) is 4.79. The van der Waals surface area contributed by atoms with E-state index >= 15 is 0 Å². The topological polar surface area (TPSA) is 114 Å². The minimum absolute atomic E-state index is 0. The number of benzene rings is 3. The number of imidazole rings is 1. The van der Waals surface area contributed by atoms with Crippen molar-refractivity contribution in [2.24, 2.45) is 12.8 Å². The number of rotatable bonds is 7. The van der Waals surface area contributed by atoms with Crippen LogP contribution in [0.5, 0.6) is 5.75 Å². The average Bonchev–Trinajstić information content (AvgIpc) is 3.12. The standard InChI is InChI=1S/C23H23N5O3S.ClH/c1-27-21-13-12-19(32(29,30)28(2)17-6-4-3-5-7-17)14-20(21)26-22(27)15-31-18-10-8-16(9-11-18)23(24)25;/h3-14H,15H2,1-2H3,(H3,24,25);1H. The number of para-hydroxylation sites is 1. The zero-order chi connectivity index (χ0) is 22.9. The molecular formula is C23H24ClN5O3S. The fourth-order valence-electron chi connectivity index (χ4n) is 3.33. The van der Waals surface area contributed by atoms with E-state index in [9.17, 15) is 8.42 Å². The highest BCUT2D eigenvalue weighted by Gasteiger charge is 2.22. The number of aryl methyl sites for hydroxylation is 1. The summed E-state index contributed by atoms with van der Waals surface area (Å²) in [6.07, 6.45) is 0. The Labute approximate surface area is 198 Å². The average molecular weight is 486 g/mol. The fourth-order valence-corrected chi connectivity index (χ4v) is 4.55. The van der Waals surface area contributed by atoms with Crippen LogP contribution in [0, 0.1) is 5.41 Å². The van der Waals surface area contributed by atoms with Crippen LogP contribution in [0.25, 0.3) is 11.0 Å². The Hall–Kier alpha value is -3.56. The molecule has 172 valence electrons. The van der Waals surface area contributed by atoms with Crippen molar-refractivity contribution in [3.05, 3.63) is 84.2 Å². The van der Waals surface area contributed by atoms with Gasteiger partial charge in [0.05, 0.1) is 21.6 Å². The summed E-state index contributed by atoms with van der Waals surface area (Å²) in [6, 6.07) is 20.7. The van der Waals surface area contributed by atoms with Gasteiger partial charge in [-0.3, -0.25) is 9.71 Å². The summed E-state index contributed by atoms with van der Waals surface area (Å²) in [4.78, 5) is 4.75. The molecule has 0 aliphatic rings. The lowest BCUT2D eigenvalue weighted by Gasteiger charge is -2.19. The largest absolute Gasteiger partial charge is 0.486 e. The van der Waals surface area contributed by atoms with E-state index < -0.39 is 10.0 Å². The molecule has 33 heavy (non-hydrogen) atoms. The Balaban J connectivity index is 0.00000306. The number of halogens is 1. The van der Waals surface area contributed by atoms with E-state index in [1.807, 2.05) is 17.7 Å². The first kappa shape index (κ1) is 24.1. The van der Waals surface area contributed by atoms with E-state index in [0.29, 0.717) is 28.3 Å². The number of aromatic nitrogens is 2. The van der Waals surface area contributed by atoms with E-state index in [2.05, 4.69) is 4.98 Å². The number of anilines is 1. The molecule has 0 aliphatic carbocycles. The van der Waals surface area contributed by atoms with E-state index in [4.69, 9.17) is 15.9 Å². The van der Waals surface area contributed by atoms with Gasteiger partial charge in [-0.25, -0.2) is 13.4 Å². The molecule has 1 heterocycles. The fraction of sp³-hybridized carbons (Fsp3) is 0.130. The molecule has 3 N–H and O–H groups in total. The van der Waals surface area contributed by atoms with Gasteiger partial charge in [-0.05, 0) is 54.6 Å². The van der Waals surface area contributed by atoms with Gasteiger partial charge in [0.15, 0.2) is 0 Å². The van der Waals surface area contributed by atoms with Gasteiger partial charge in [0.25, 0.3) is 10.0 Å². The Kier molecular flexibility index (Phi) is 6.95. The molecule has 0 radical (unpaired) electrons. The minimum atomic E-state index is -3.73. The molecule has 3 aromatic carbocycles. The third-order valence-corrected chi connectivity index (χ3v) is 7.04. The van der Waals surface area contributed by atoms with Crippen LogP contribution >= 0.6 is 12.4 Å². The van der Waals surface area contributed by atoms with Gasteiger partial charge in [0.1, 0.15) is 24.0 Å². The maximum Gasteiger partial charge on any atom is 0.264 e. The van der Waals surface area contributed by atoms with E-state index in [1.165, 1.54) is 11.4 Å². The van der Waals surface area contributed by atoms with Crippen molar-refractivity contribution < 1.29 is 13.2 Å². The number of nitrogen functional groups attached to an aromatic ring is 1. The van der Waals surface area contributed by atoms with E-state index in [-0.39, 0.29) is 29.7 Å². The molecule has 10 heteroatoms. The number of nitrogens with zero attached hydrogens (tertiary/aromatic N) is 3. The maximum atomic E-state index is 13.1. The second-order valence-corrected chi connectivity index (χ2v) is 9.24. The van der Waals surface area contributed by atoms with Crippen molar-refractivity contribution in [1.82, 2.24) is 9.55 Å². The van der Waals surface area contributed by atoms with Crippen LogP contribution in [0.15, 0.2) is 77.7 Å². The van der Waals surface area contributed by atoms with E-state index in [0.717, 1.165) is 5.52 Å². The Morgan fingerprint density at radius 3 is 2.39 bits per heavy atom. The molecule has 1 aromatic heterocycles. The van der Waals surface area contributed by atoms with Crippen molar-refractivity contribution in [3.8, 4) is 5.75 Å². The molecule has 0 unspecified atom stereocenters. The molecule has 0 amide bonds. The molecule has 4 rings (SSSR count). The van der Waals surface area contributed by atoms with Crippen LogP contribution in [0.1, 0.15) is 11.4 Å². The highest BCUT2D eigenvalue weighted by Crippen LogP contribution is 2.25. The number of hydrogen-bond acceptors (Lipinski definition) is 5. The third-order valence-electron chi connectivity index (χ3n) is 5.26. The zero-order valence-corrected chi connectivity index (χ0v) is 19.7. The maximum absolute atomic E-state index is 13.1. The molecule has 0 spiro atoms. The molecule has 8 nitrogen and oxygen atoms in total. The molecule has 0 fully saturated rings. The van der Waals surface area contributed by atoms with Crippen LogP contribution in [0.3, 0.4) is 0 Å².